The van der Waals surface area contributed by atoms with E-state index in [2.05, 4.69) is 60.0 Å². The van der Waals surface area contributed by atoms with E-state index >= 15 is 0 Å². The highest BCUT2D eigenvalue weighted by Crippen LogP contribution is 2.28. The van der Waals surface area contributed by atoms with Crippen LogP contribution >= 0.6 is 11.6 Å². The van der Waals surface area contributed by atoms with Crippen LogP contribution in [0.1, 0.15) is 32.3 Å². The predicted molar refractivity (Wildman–Crippen MR) is 123 cm³/mol. The average molecular weight is 408 g/mol. The summed E-state index contributed by atoms with van der Waals surface area (Å²) in [4.78, 5) is 10.1. The fourth-order valence-corrected chi connectivity index (χ4v) is 4.75. The first-order valence-electron chi connectivity index (χ1n) is 10.8. The van der Waals surface area contributed by atoms with Crippen LogP contribution < -0.4 is 0 Å². The maximum absolute atomic E-state index is 6.28. The Bertz CT molecular complexity index is 945. The van der Waals surface area contributed by atoms with E-state index in [1.807, 2.05) is 18.2 Å². The molecule has 0 amide bonds. The Hall–Kier alpha value is -1.94. The lowest BCUT2D eigenvalue weighted by Gasteiger charge is -2.37. The molecular weight excluding hydrogens is 378 g/mol. The Morgan fingerprint density at radius 3 is 2.41 bits per heavy atom. The van der Waals surface area contributed by atoms with Gasteiger partial charge in [0, 0.05) is 28.6 Å². The van der Waals surface area contributed by atoms with Gasteiger partial charge in [-0.15, -0.1) is 0 Å². The number of likely N-dealkylation sites (tertiary alicyclic amines) is 1. The molecular formula is C25H30ClN3. The lowest BCUT2D eigenvalue weighted by Crippen LogP contribution is -2.44. The van der Waals surface area contributed by atoms with Crippen molar-refractivity contribution >= 4 is 22.5 Å². The molecule has 1 aromatic heterocycles. The van der Waals surface area contributed by atoms with Gasteiger partial charge in [0.25, 0.3) is 0 Å². The van der Waals surface area contributed by atoms with Crippen molar-refractivity contribution in [2.75, 3.05) is 26.2 Å². The Balaban J connectivity index is 1.60. The van der Waals surface area contributed by atoms with Gasteiger partial charge in [0.2, 0.25) is 0 Å². The third kappa shape index (κ3) is 4.63. The SMILES string of the molecule is CCN(CC)C1CCN(Cc2cc(-c3ccccc3)nc3cc(Cl)ccc23)CC1. The van der Waals surface area contributed by atoms with Crippen molar-refractivity contribution in [1.82, 2.24) is 14.8 Å². The van der Waals surface area contributed by atoms with Crippen molar-refractivity contribution in [2.45, 2.75) is 39.3 Å². The zero-order valence-electron chi connectivity index (χ0n) is 17.4. The number of halogens is 1. The first kappa shape index (κ1) is 20.3. The highest BCUT2D eigenvalue weighted by Gasteiger charge is 2.23. The number of fused-ring (bicyclic) bond motifs is 1. The summed E-state index contributed by atoms with van der Waals surface area (Å²) in [5.74, 6) is 0. The Morgan fingerprint density at radius 2 is 1.72 bits per heavy atom. The topological polar surface area (TPSA) is 19.4 Å². The molecule has 1 fully saturated rings. The average Bonchev–Trinajstić information content (AvgIpc) is 2.76. The van der Waals surface area contributed by atoms with Crippen molar-refractivity contribution in [2.24, 2.45) is 0 Å². The molecule has 1 aliphatic rings. The number of piperidine rings is 1. The molecule has 3 nitrogen and oxygen atoms in total. The molecule has 2 aromatic carbocycles. The lowest BCUT2D eigenvalue weighted by atomic mass is 10.0. The number of rotatable bonds is 6. The van der Waals surface area contributed by atoms with Crippen molar-refractivity contribution in [1.29, 1.82) is 0 Å². The van der Waals surface area contributed by atoms with E-state index in [0.29, 0.717) is 0 Å². The minimum absolute atomic E-state index is 0.731. The molecule has 152 valence electrons. The maximum atomic E-state index is 6.28. The number of pyridine rings is 1. The van der Waals surface area contributed by atoms with Gasteiger partial charge in [0.15, 0.2) is 0 Å². The number of hydrogen-bond acceptors (Lipinski definition) is 3. The Morgan fingerprint density at radius 1 is 1.00 bits per heavy atom. The van der Waals surface area contributed by atoms with E-state index in [9.17, 15) is 0 Å². The molecule has 0 spiro atoms. The van der Waals surface area contributed by atoms with Crippen molar-refractivity contribution < 1.29 is 0 Å². The standard InChI is InChI=1S/C25H30ClN3/c1-3-29(4-2)22-12-14-28(15-13-22)18-20-16-24(19-8-6-5-7-9-19)27-25-17-21(26)10-11-23(20)25/h5-11,16-17,22H,3-4,12-15,18H2,1-2H3. The summed E-state index contributed by atoms with van der Waals surface area (Å²) in [6, 6.07) is 19.5. The molecule has 3 aromatic rings. The second kappa shape index (κ2) is 9.25. The summed E-state index contributed by atoms with van der Waals surface area (Å²) < 4.78 is 0. The number of aromatic nitrogens is 1. The summed E-state index contributed by atoms with van der Waals surface area (Å²) in [7, 11) is 0. The first-order chi connectivity index (χ1) is 14.2. The first-order valence-corrected chi connectivity index (χ1v) is 11.2. The van der Waals surface area contributed by atoms with Crippen LogP contribution in [0.25, 0.3) is 22.2 Å². The van der Waals surface area contributed by atoms with Gasteiger partial charge in [-0.3, -0.25) is 4.90 Å². The molecule has 0 N–H and O–H groups in total. The second-order valence-corrected chi connectivity index (χ2v) is 8.36. The summed E-state index contributed by atoms with van der Waals surface area (Å²) in [5.41, 5.74) is 4.49. The van der Waals surface area contributed by atoms with E-state index in [4.69, 9.17) is 16.6 Å². The van der Waals surface area contributed by atoms with Gasteiger partial charge in [0.05, 0.1) is 11.2 Å². The van der Waals surface area contributed by atoms with Gasteiger partial charge in [-0.2, -0.15) is 0 Å². The summed E-state index contributed by atoms with van der Waals surface area (Å²) >= 11 is 6.28. The zero-order valence-corrected chi connectivity index (χ0v) is 18.2. The molecule has 1 saturated heterocycles. The van der Waals surface area contributed by atoms with Crippen molar-refractivity contribution in [3.8, 4) is 11.3 Å². The molecule has 0 radical (unpaired) electrons. The molecule has 4 heteroatoms. The fraction of sp³-hybridized carbons (Fsp3) is 0.400. The van der Waals surface area contributed by atoms with Gasteiger partial charge in [-0.05, 0) is 62.8 Å². The van der Waals surface area contributed by atoms with Gasteiger partial charge in [-0.25, -0.2) is 4.98 Å². The fourth-order valence-electron chi connectivity index (χ4n) is 4.58. The van der Waals surface area contributed by atoms with Crippen LogP contribution in [-0.2, 0) is 6.54 Å². The van der Waals surface area contributed by atoms with E-state index < -0.39 is 0 Å². The third-order valence-corrected chi connectivity index (χ3v) is 6.44. The largest absolute Gasteiger partial charge is 0.301 e. The highest BCUT2D eigenvalue weighted by atomic mass is 35.5. The van der Waals surface area contributed by atoms with Crippen LogP contribution in [0, 0.1) is 0 Å². The van der Waals surface area contributed by atoms with Crippen molar-refractivity contribution in [3.05, 3.63) is 65.2 Å². The molecule has 4 rings (SSSR count). The van der Waals surface area contributed by atoms with Crippen LogP contribution in [0.4, 0.5) is 0 Å². The normalized spacial score (nSPS) is 16.0. The van der Waals surface area contributed by atoms with E-state index in [1.165, 1.54) is 23.8 Å². The number of benzene rings is 2. The molecule has 0 aliphatic carbocycles. The predicted octanol–water partition coefficient (Wildman–Crippen LogP) is 5.86. The van der Waals surface area contributed by atoms with Gasteiger partial charge >= 0.3 is 0 Å². The number of hydrogen-bond donors (Lipinski definition) is 0. The zero-order chi connectivity index (χ0) is 20.2. The molecule has 29 heavy (non-hydrogen) atoms. The minimum atomic E-state index is 0.731. The monoisotopic (exact) mass is 407 g/mol. The maximum Gasteiger partial charge on any atom is 0.0727 e. The van der Waals surface area contributed by atoms with Gasteiger partial charge in [0.1, 0.15) is 0 Å². The Kier molecular flexibility index (Phi) is 6.49. The number of nitrogens with zero attached hydrogens (tertiary/aromatic N) is 3. The van der Waals surface area contributed by atoms with Gasteiger partial charge < -0.3 is 4.90 Å². The summed E-state index contributed by atoms with van der Waals surface area (Å²) in [6.45, 7) is 10.1. The molecule has 0 saturated carbocycles. The molecule has 2 heterocycles. The van der Waals surface area contributed by atoms with E-state index in [1.54, 1.807) is 0 Å². The van der Waals surface area contributed by atoms with Crippen LogP contribution in [-0.4, -0.2) is 47.0 Å². The molecule has 0 unspecified atom stereocenters. The van der Waals surface area contributed by atoms with Crippen LogP contribution in [0.2, 0.25) is 5.02 Å². The molecule has 0 bridgehead atoms. The highest BCUT2D eigenvalue weighted by molar-refractivity contribution is 6.31. The van der Waals surface area contributed by atoms with Crippen LogP contribution in [0.15, 0.2) is 54.6 Å². The van der Waals surface area contributed by atoms with Gasteiger partial charge in [-0.1, -0.05) is 61.8 Å². The Labute approximate surface area is 179 Å². The van der Waals surface area contributed by atoms with E-state index in [0.717, 1.165) is 60.6 Å². The van der Waals surface area contributed by atoms with E-state index in [-0.39, 0.29) is 0 Å². The third-order valence-electron chi connectivity index (χ3n) is 6.21. The summed E-state index contributed by atoms with van der Waals surface area (Å²) in [5, 5.41) is 1.95. The smallest absolute Gasteiger partial charge is 0.0727 e. The van der Waals surface area contributed by atoms with Crippen LogP contribution in [0.5, 0.6) is 0 Å². The molecule has 0 atom stereocenters. The second-order valence-electron chi connectivity index (χ2n) is 7.92. The quantitative estimate of drug-likeness (QED) is 0.510. The summed E-state index contributed by atoms with van der Waals surface area (Å²) in [6.07, 6.45) is 2.50. The molecule has 1 aliphatic heterocycles. The minimum Gasteiger partial charge on any atom is -0.301 e. The van der Waals surface area contributed by atoms with Crippen molar-refractivity contribution in [3.63, 3.8) is 0 Å². The lowest BCUT2D eigenvalue weighted by molar-refractivity contribution is 0.113. The van der Waals surface area contributed by atoms with Crippen LogP contribution in [0.3, 0.4) is 0 Å².